The minimum absolute atomic E-state index is 0.514. The van der Waals surface area contributed by atoms with Crippen LogP contribution in [0.1, 0.15) is 24.3 Å². The van der Waals surface area contributed by atoms with Gasteiger partial charge in [0.05, 0.1) is 13.2 Å². The monoisotopic (exact) mass is 205 g/mol. The lowest BCUT2D eigenvalue weighted by molar-refractivity contribution is 0.194. The second-order valence-electron chi connectivity index (χ2n) is 3.78. The number of aromatic amines is 1. The van der Waals surface area contributed by atoms with Gasteiger partial charge < -0.3 is 14.8 Å². The van der Waals surface area contributed by atoms with Crippen molar-refractivity contribution in [3.8, 4) is 5.75 Å². The topological polar surface area (TPSA) is 45.2 Å². The van der Waals surface area contributed by atoms with Gasteiger partial charge in [0.2, 0.25) is 0 Å². The highest BCUT2D eigenvalue weighted by molar-refractivity contribution is 5.88. The summed E-state index contributed by atoms with van der Waals surface area (Å²) < 4.78 is 5.35. The lowest BCUT2D eigenvalue weighted by atomic mass is 10.1. The molecule has 0 amide bonds. The van der Waals surface area contributed by atoms with Crippen LogP contribution >= 0.6 is 0 Å². The van der Waals surface area contributed by atoms with E-state index in [0.717, 1.165) is 27.9 Å². The van der Waals surface area contributed by atoms with Gasteiger partial charge in [0.15, 0.2) is 0 Å². The molecule has 2 aromatic rings. The minimum atomic E-state index is -0.514. The Balaban J connectivity index is 2.74. The van der Waals surface area contributed by atoms with Gasteiger partial charge in [-0.1, -0.05) is 6.07 Å². The van der Waals surface area contributed by atoms with E-state index in [1.807, 2.05) is 25.1 Å². The lowest BCUT2D eigenvalue weighted by Gasteiger charge is -2.11. The van der Waals surface area contributed by atoms with E-state index >= 15 is 0 Å². The van der Waals surface area contributed by atoms with E-state index in [0.29, 0.717) is 0 Å². The van der Waals surface area contributed by atoms with Crippen molar-refractivity contribution in [3.63, 3.8) is 0 Å². The van der Waals surface area contributed by atoms with Gasteiger partial charge in [0, 0.05) is 22.2 Å². The summed E-state index contributed by atoms with van der Waals surface area (Å²) in [6, 6.07) is 5.88. The number of H-pyrrole nitrogens is 1. The first-order chi connectivity index (χ1) is 7.13. The number of fused-ring (bicyclic) bond motifs is 1. The van der Waals surface area contributed by atoms with Crippen molar-refractivity contribution >= 4 is 10.9 Å². The van der Waals surface area contributed by atoms with Crippen LogP contribution in [-0.4, -0.2) is 17.2 Å². The second kappa shape index (κ2) is 3.59. The molecule has 1 unspecified atom stereocenters. The molecule has 2 rings (SSSR count). The normalized spacial score (nSPS) is 13.1. The maximum Gasteiger partial charge on any atom is 0.134 e. The molecule has 3 nitrogen and oxygen atoms in total. The second-order valence-corrected chi connectivity index (χ2v) is 3.78. The third-order valence-corrected chi connectivity index (χ3v) is 2.57. The maximum atomic E-state index is 9.61. The molecule has 3 heteroatoms. The van der Waals surface area contributed by atoms with Crippen molar-refractivity contribution in [2.75, 3.05) is 7.11 Å². The molecule has 0 saturated heterocycles. The van der Waals surface area contributed by atoms with Crippen LogP contribution in [0.15, 0.2) is 18.2 Å². The van der Waals surface area contributed by atoms with Crippen molar-refractivity contribution in [3.05, 3.63) is 29.5 Å². The number of hydrogen-bond donors (Lipinski definition) is 2. The maximum absolute atomic E-state index is 9.61. The summed E-state index contributed by atoms with van der Waals surface area (Å²) >= 11 is 0. The van der Waals surface area contributed by atoms with Gasteiger partial charge in [-0.05, 0) is 26.0 Å². The van der Waals surface area contributed by atoms with Gasteiger partial charge in [0.25, 0.3) is 0 Å². The number of rotatable bonds is 2. The van der Waals surface area contributed by atoms with Crippen LogP contribution in [0.5, 0.6) is 5.75 Å². The van der Waals surface area contributed by atoms with Gasteiger partial charge >= 0.3 is 0 Å². The van der Waals surface area contributed by atoms with Crippen LogP contribution in [0.4, 0.5) is 0 Å². The SMILES string of the molecule is COc1c(C(C)O)ccc2[nH]c(C)cc12. The van der Waals surface area contributed by atoms with E-state index in [-0.39, 0.29) is 0 Å². The number of benzene rings is 1. The zero-order valence-corrected chi connectivity index (χ0v) is 9.16. The predicted molar refractivity (Wildman–Crippen MR) is 60.2 cm³/mol. The molecule has 0 radical (unpaired) electrons. The predicted octanol–water partition coefficient (Wildman–Crippen LogP) is 2.54. The molecule has 0 saturated carbocycles. The summed E-state index contributed by atoms with van der Waals surface area (Å²) in [5.74, 6) is 0.756. The first-order valence-electron chi connectivity index (χ1n) is 4.97. The summed E-state index contributed by atoms with van der Waals surface area (Å²) in [6.07, 6.45) is -0.514. The smallest absolute Gasteiger partial charge is 0.134 e. The zero-order valence-electron chi connectivity index (χ0n) is 9.16. The van der Waals surface area contributed by atoms with Gasteiger partial charge in [-0.2, -0.15) is 0 Å². The molecule has 0 spiro atoms. The van der Waals surface area contributed by atoms with Crippen LogP contribution in [0.25, 0.3) is 10.9 Å². The van der Waals surface area contributed by atoms with Crippen LogP contribution < -0.4 is 4.74 Å². The van der Waals surface area contributed by atoms with Crippen molar-refractivity contribution in [1.29, 1.82) is 0 Å². The van der Waals surface area contributed by atoms with E-state index in [4.69, 9.17) is 4.74 Å². The van der Waals surface area contributed by atoms with Crippen LogP contribution in [0.3, 0.4) is 0 Å². The Morgan fingerprint density at radius 1 is 1.40 bits per heavy atom. The number of methoxy groups -OCH3 is 1. The first kappa shape index (κ1) is 10.1. The molecule has 0 aliphatic rings. The van der Waals surface area contributed by atoms with E-state index in [1.54, 1.807) is 14.0 Å². The molecular formula is C12H15NO2. The number of aliphatic hydroxyl groups excluding tert-OH is 1. The molecule has 0 bridgehead atoms. The molecule has 15 heavy (non-hydrogen) atoms. The number of aromatic nitrogens is 1. The fourth-order valence-electron chi connectivity index (χ4n) is 1.89. The van der Waals surface area contributed by atoms with Crippen molar-refractivity contribution in [2.24, 2.45) is 0 Å². The number of aryl methyl sites for hydroxylation is 1. The Morgan fingerprint density at radius 3 is 2.73 bits per heavy atom. The third kappa shape index (κ3) is 1.59. The average molecular weight is 205 g/mol. The molecule has 0 aliphatic heterocycles. The molecule has 0 aliphatic carbocycles. The summed E-state index contributed by atoms with van der Waals surface area (Å²) in [5.41, 5.74) is 2.95. The van der Waals surface area contributed by atoms with Crippen LogP contribution in [0.2, 0.25) is 0 Å². The summed E-state index contributed by atoms with van der Waals surface area (Å²) in [5, 5.41) is 10.6. The van der Waals surface area contributed by atoms with Gasteiger partial charge in [0.1, 0.15) is 5.75 Å². The highest BCUT2D eigenvalue weighted by Crippen LogP contribution is 2.33. The molecular weight excluding hydrogens is 190 g/mol. The zero-order chi connectivity index (χ0) is 11.0. The largest absolute Gasteiger partial charge is 0.496 e. The van der Waals surface area contributed by atoms with E-state index in [9.17, 15) is 5.11 Å². The Bertz CT molecular complexity index is 486. The van der Waals surface area contributed by atoms with Gasteiger partial charge in [-0.25, -0.2) is 0 Å². The quantitative estimate of drug-likeness (QED) is 0.791. The van der Waals surface area contributed by atoms with E-state index < -0.39 is 6.10 Å². The summed E-state index contributed by atoms with van der Waals surface area (Å²) in [6.45, 7) is 3.74. The molecule has 1 aromatic heterocycles. The molecule has 1 aromatic carbocycles. The third-order valence-electron chi connectivity index (χ3n) is 2.57. The molecule has 2 N–H and O–H groups in total. The average Bonchev–Trinajstić information content (AvgIpc) is 2.55. The van der Waals surface area contributed by atoms with E-state index in [2.05, 4.69) is 4.98 Å². The van der Waals surface area contributed by atoms with Gasteiger partial charge in [-0.3, -0.25) is 0 Å². The Kier molecular flexibility index (Phi) is 2.40. The van der Waals surface area contributed by atoms with Crippen molar-refractivity contribution in [1.82, 2.24) is 4.98 Å². The van der Waals surface area contributed by atoms with Crippen LogP contribution in [-0.2, 0) is 0 Å². The molecule has 1 heterocycles. The number of aliphatic hydroxyl groups is 1. The number of hydrogen-bond acceptors (Lipinski definition) is 2. The molecule has 0 fully saturated rings. The van der Waals surface area contributed by atoms with E-state index in [1.165, 1.54) is 0 Å². The standard InChI is InChI=1S/C12H15NO2/c1-7-6-10-11(13-7)5-4-9(8(2)14)12(10)15-3/h4-6,8,13-14H,1-3H3. The van der Waals surface area contributed by atoms with Crippen LogP contribution in [0, 0.1) is 6.92 Å². The Hall–Kier alpha value is -1.48. The molecule has 1 atom stereocenters. The highest BCUT2D eigenvalue weighted by Gasteiger charge is 2.13. The summed E-state index contributed by atoms with van der Waals surface area (Å²) in [4.78, 5) is 3.24. The Morgan fingerprint density at radius 2 is 2.13 bits per heavy atom. The highest BCUT2D eigenvalue weighted by atomic mass is 16.5. The summed E-state index contributed by atoms with van der Waals surface area (Å²) in [7, 11) is 1.63. The first-order valence-corrected chi connectivity index (χ1v) is 4.97. The van der Waals surface area contributed by atoms with Crippen molar-refractivity contribution < 1.29 is 9.84 Å². The van der Waals surface area contributed by atoms with Crippen molar-refractivity contribution in [2.45, 2.75) is 20.0 Å². The fourth-order valence-corrected chi connectivity index (χ4v) is 1.89. The Labute approximate surface area is 88.7 Å². The fraction of sp³-hybridized carbons (Fsp3) is 0.333. The number of nitrogens with one attached hydrogen (secondary N) is 1. The lowest BCUT2D eigenvalue weighted by Crippen LogP contribution is -1.96. The molecule has 80 valence electrons. The minimum Gasteiger partial charge on any atom is -0.496 e. The number of ether oxygens (including phenoxy) is 1. The van der Waals surface area contributed by atoms with Gasteiger partial charge in [-0.15, -0.1) is 0 Å².